The maximum Gasteiger partial charge on any atom is 0.349 e. The molecule has 24 heavy (non-hydrogen) atoms. The van der Waals surface area contributed by atoms with Crippen molar-refractivity contribution in [2.75, 3.05) is 0 Å². The predicted molar refractivity (Wildman–Crippen MR) is 87.2 cm³/mol. The number of hydrogen-bond donors (Lipinski definition) is 1. The minimum atomic E-state index is -0.970. The molecule has 0 aliphatic heterocycles. The number of furan rings is 1. The van der Waals surface area contributed by atoms with Crippen molar-refractivity contribution in [3.8, 4) is 0 Å². The average Bonchev–Trinajstić information content (AvgIpc) is 3.22. The van der Waals surface area contributed by atoms with E-state index in [2.05, 4.69) is 5.32 Å². The van der Waals surface area contributed by atoms with Crippen LogP contribution in [0.5, 0.6) is 0 Å². The molecular formula is C17H14FNO4S. The molecule has 1 aromatic carbocycles. The molecule has 0 saturated heterocycles. The summed E-state index contributed by atoms with van der Waals surface area (Å²) >= 11 is 1.12. The first-order valence-electron chi connectivity index (χ1n) is 7.23. The monoisotopic (exact) mass is 347 g/mol. The van der Waals surface area contributed by atoms with Crippen LogP contribution in [0, 0.1) is 5.82 Å². The molecule has 0 bridgehead atoms. The van der Waals surface area contributed by atoms with Gasteiger partial charge in [0, 0.05) is 10.1 Å². The summed E-state index contributed by atoms with van der Waals surface area (Å²) in [7, 11) is 0. The third kappa shape index (κ3) is 3.46. The van der Waals surface area contributed by atoms with Gasteiger partial charge < -0.3 is 14.5 Å². The van der Waals surface area contributed by atoms with Gasteiger partial charge in [-0.2, -0.15) is 0 Å². The van der Waals surface area contributed by atoms with E-state index in [1.54, 1.807) is 24.3 Å². The van der Waals surface area contributed by atoms with Gasteiger partial charge >= 0.3 is 5.97 Å². The zero-order valence-electron chi connectivity index (χ0n) is 12.7. The van der Waals surface area contributed by atoms with Crippen LogP contribution >= 0.6 is 11.3 Å². The first-order chi connectivity index (χ1) is 11.5. The van der Waals surface area contributed by atoms with Crippen LogP contribution in [-0.2, 0) is 16.1 Å². The summed E-state index contributed by atoms with van der Waals surface area (Å²) in [6, 6.07) is 9.50. The second-order valence-electron chi connectivity index (χ2n) is 5.11. The first kappa shape index (κ1) is 16.2. The Morgan fingerprint density at radius 1 is 1.33 bits per heavy atom. The molecule has 0 spiro atoms. The molecule has 3 aromatic rings. The second kappa shape index (κ2) is 6.84. The minimum absolute atomic E-state index is 0.210. The number of carbonyl (C=O) groups is 2. The van der Waals surface area contributed by atoms with Crippen LogP contribution < -0.4 is 5.32 Å². The lowest BCUT2D eigenvalue weighted by Gasteiger charge is -2.12. The van der Waals surface area contributed by atoms with E-state index in [-0.39, 0.29) is 11.4 Å². The van der Waals surface area contributed by atoms with E-state index in [0.29, 0.717) is 15.8 Å². The van der Waals surface area contributed by atoms with E-state index in [1.165, 1.54) is 25.3 Å². The molecule has 5 nitrogen and oxygen atoms in total. The van der Waals surface area contributed by atoms with E-state index in [0.717, 1.165) is 11.3 Å². The van der Waals surface area contributed by atoms with Gasteiger partial charge in [0.1, 0.15) is 16.5 Å². The Bertz CT molecular complexity index is 872. The smallest absolute Gasteiger partial charge is 0.349 e. The highest BCUT2D eigenvalue weighted by Gasteiger charge is 2.21. The molecule has 2 aromatic heterocycles. The maximum absolute atomic E-state index is 13.7. The molecule has 1 amide bonds. The lowest BCUT2D eigenvalue weighted by Crippen LogP contribution is -2.35. The fourth-order valence-electron chi connectivity index (χ4n) is 2.13. The van der Waals surface area contributed by atoms with Crippen LogP contribution in [-0.4, -0.2) is 18.0 Å². The molecule has 0 unspecified atom stereocenters. The number of thiophene rings is 1. The fourth-order valence-corrected chi connectivity index (χ4v) is 3.09. The molecule has 0 aliphatic rings. The van der Waals surface area contributed by atoms with Gasteiger partial charge in [0.15, 0.2) is 6.10 Å². The zero-order chi connectivity index (χ0) is 17.1. The van der Waals surface area contributed by atoms with Crippen molar-refractivity contribution in [2.24, 2.45) is 0 Å². The molecule has 3 rings (SSSR count). The van der Waals surface area contributed by atoms with Crippen molar-refractivity contribution < 1.29 is 23.1 Å². The van der Waals surface area contributed by atoms with Gasteiger partial charge in [-0.3, -0.25) is 4.79 Å². The minimum Gasteiger partial charge on any atom is -0.467 e. The highest BCUT2D eigenvalue weighted by molar-refractivity contribution is 7.20. The Hall–Kier alpha value is -2.67. The highest BCUT2D eigenvalue weighted by atomic mass is 32.1. The van der Waals surface area contributed by atoms with Gasteiger partial charge in [0.2, 0.25) is 0 Å². The lowest BCUT2D eigenvalue weighted by molar-refractivity contribution is -0.129. The molecule has 0 saturated carbocycles. The predicted octanol–water partition coefficient (Wildman–Crippen LogP) is 3.50. The average molecular weight is 347 g/mol. The number of nitrogens with one attached hydrogen (secondary N) is 1. The van der Waals surface area contributed by atoms with Crippen molar-refractivity contribution in [3.63, 3.8) is 0 Å². The topological polar surface area (TPSA) is 68.5 Å². The van der Waals surface area contributed by atoms with E-state index in [4.69, 9.17) is 9.15 Å². The van der Waals surface area contributed by atoms with Gasteiger partial charge in [0.05, 0.1) is 12.8 Å². The third-order valence-electron chi connectivity index (χ3n) is 3.38. The summed E-state index contributed by atoms with van der Waals surface area (Å²) < 4.78 is 24.6. The standard InChI is InChI=1S/C17H14FNO4S/c1-10(16(20)19-9-11-4-3-7-22-11)23-17(21)15-8-12-13(18)5-2-6-14(12)24-15/h2-8,10H,9H2,1H3,(H,19,20)/t10-/m0/s1. The Morgan fingerprint density at radius 2 is 2.17 bits per heavy atom. The molecule has 7 heteroatoms. The van der Waals surface area contributed by atoms with E-state index >= 15 is 0 Å². The van der Waals surface area contributed by atoms with Crippen molar-refractivity contribution in [1.29, 1.82) is 0 Å². The summed E-state index contributed by atoms with van der Waals surface area (Å²) in [5.41, 5.74) is 0. The van der Waals surface area contributed by atoms with Crippen LogP contribution in [0.1, 0.15) is 22.4 Å². The molecule has 124 valence electrons. The quantitative estimate of drug-likeness (QED) is 0.717. The highest BCUT2D eigenvalue weighted by Crippen LogP contribution is 2.28. The summed E-state index contributed by atoms with van der Waals surface area (Å²) in [6.07, 6.45) is 0.536. The number of fused-ring (bicyclic) bond motifs is 1. The van der Waals surface area contributed by atoms with Crippen molar-refractivity contribution >= 4 is 33.3 Å². The maximum atomic E-state index is 13.7. The second-order valence-corrected chi connectivity index (χ2v) is 6.19. The Labute approximate surface area is 141 Å². The van der Waals surface area contributed by atoms with Crippen molar-refractivity contribution in [3.05, 3.63) is 59.1 Å². The number of amides is 1. The van der Waals surface area contributed by atoms with Crippen molar-refractivity contribution in [1.82, 2.24) is 5.32 Å². The van der Waals surface area contributed by atoms with Crippen LogP contribution in [0.25, 0.3) is 10.1 Å². The summed E-state index contributed by atoms with van der Waals surface area (Å²) in [5, 5.41) is 2.98. The summed E-state index contributed by atoms with van der Waals surface area (Å²) in [5.74, 6) is -0.891. The fraction of sp³-hybridized carbons (Fsp3) is 0.176. The number of hydrogen-bond acceptors (Lipinski definition) is 5. The largest absolute Gasteiger partial charge is 0.467 e. The Morgan fingerprint density at radius 3 is 2.88 bits per heavy atom. The van der Waals surface area contributed by atoms with Crippen molar-refractivity contribution in [2.45, 2.75) is 19.6 Å². The van der Waals surface area contributed by atoms with Gasteiger partial charge in [0.25, 0.3) is 5.91 Å². The number of esters is 1. The third-order valence-corrected chi connectivity index (χ3v) is 4.46. The van der Waals surface area contributed by atoms with Crippen LogP contribution in [0.15, 0.2) is 47.1 Å². The molecule has 0 fully saturated rings. The normalized spacial score (nSPS) is 12.1. The summed E-state index contributed by atoms with van der Waals surface area (Å²) in [4.78, 5) is 24.3. The number of ether oxygens (including phenoxy) is 1. The van der Waals surface area contributed by atoms with Gasteiger partial charge in [-0.25, -0.2) is 9.18 Å². The van der Waals surface area contributed by atoms with Crippen LogP contribution in [0.3, 0.4) is 0 Å². The number of rotatable bonds is 5. The Balaban J connectivity index is 1.62. The van der Waals surface area contributed by atoms with Crippen LogP contribution in [0.2, 0.25) is 0 Å². The number of halogens is 1. The van der Waals surface area contributed by atoms with Gasteiger partial charge in [-0.1, -0.05) is 6.07 Å². The van der Waals surface area contributed by atoms with Crippen LogP contribution in [0.4, 0.5) is 4.39 Å². The molecule has 2 heterocycles. The number of carbonyl (C=O) groups excluding carboxylic acids is 2. The molecule has 0 aliphatic carbocycles. The lowest BCUT2D eigenvalue weighted by atomic mass is 10.2. The van der Waals surface area contributed by atoms with Gasteiger partial charge in [-0.15, -0.1) is 11.3 Å². The van der Waals surface area contributed by atoms with E-state index < -0.39 is 23.8 Å². The molecule has 0 radical (unpaired) electrons. The summed E-state index contributed by atoms with van der Waals surface area (Å²) in [6.45, 7) is 1.69. The first-order valence-corrected chi connectivity index (χ1v) is 8.05. The SMILES string of the molecule is C[C@H](OC(=O)c1cc2c(F)cccc2s1)C(=O)NCc1ccco1. The number of benzene rings is 1. The van der Waals surface area contributed by atoms with E-state index in [9.17, 15) is 14.0 Å². The Kier molecular flexibility index (Phi) is 4.61. The molecular weight excluding hydrogens is 333 g/mol. The zero-order valence-corrected chi connectivity index (χ0v) is 13.6. The van der Waals surface area contributed by atoms with Gasteiger partial charge in [-0.05, 0) is 37.3 Å². The molecule has 1 N–H and O–H groups in total. The van der Waals surface area contributed by atoms with E-state index in [1.807, 2.05) is 0 Å². The molecule has 1 atom stereocenters.